The molecule has 2 rings (SSSR count). The smallest absolute Gasteiger partial charge is 0.264 e. The van der Waals surface area contributed by atoms with Gasteiger partial charge in [-0.25, -0.2) is 0 Å². The minimum absolute atomic E-state index is 0.0897. The normalized spacial score (nSPS) is 18.4. The molecule has 6 heteroatoms. The molecule has 1 aliphatic heterocycles. The number of carbonyl (C=O) groups excluding carboxylic acids is 1. The van der Waals surface area contributed by atoms with E-state index in [2.05, 4.69) is 64.1 Å². The van der Waals surface area contributed by atoms with Crippen molar-refractivity contribution >= 4 is 28.9 Å². The zero-order valence-electron chi connectivity index (χ0n) is 16.8. The highest BCUT2D eigenvalue weighted by Crippen LogP contribution is 2.41. The zero-order chi connectivity index (χ0) is 19.7. The molecule has 1 aliphatic rings. The number of benzene rings is 1. The number of nitrogens with zero attached hydrogens (tertiary/aromatic N) is 1. The Kier molecular flexibility index (Phi) is 5.76. The lowest BCUT2D eigenvalue weighted by Crippen LogP contribution is -2.20. The number of hydrogen-bond donors (Lipinski definition) is 1. The van der Waals surface area contributed by atoms with Crippen molar-refractivity contribution in [2.75, 3.05) is 14.2 Å². The maximum Gasteiger partial charge on any atom is 0.264 e. The highest BCUT2D eigenvalue weighted by atomic mass is 32.2. The van der Waals surface area contributed by atoms with E-state index in [0.717, 1.165) is 22.4 Å². The number of thioether (sulfide) groups is 1. The molecule has 1 fully saturated rings. The van der Waals surface area contributed by atoms with E-state index in [1.807, 2.05) is 6.08 Å². The molecule has 1 aromatic rings. The maximum absolute atomic E-state index is 12.2. The molecule has 0 bridgehead atoms. The molecule has 0 saturated carbocycles. The predicted molar refractivity (Wildman–Crippen MR) is 109 cm³/mol. The van der Waals surface area contributed by atoms with Crippen molar-refractivity contribution in [3.05, 3.63) is 33.7 Å². The molecule has 0 radical (unpaired) electrons. The van der Waals surface area contributed by atoms with E-state index in [4.69, 9.17) is 9.57 Å². The van der Waals surface area contributed by atoms with Gasteiger partial charge in [0.1, 0.15) is 12.9 Å². The molecule has 1 saturated heterocycles. The van der Waals surface area contributed by atoms with Crippen molar-refractivity contribution in [2.24, 2.45) is 5.16 Å². The van der Waals surface area contributed by atoms with Gasteiger partial charge in [-0.05, 0) is 46.4 Å². The van der Waals surface area contributed by atoms with Gasteiger partial charge in [0.05, 0.1) is 12.0 Å². The molecule has 0 unspecified atom stereocenters. The number of amides is 1. The Balaban J connectivity index is 2.62. The zero-order valence-corrected chi connectivity index (χ0v) is 17.6. The van der Waals surface area contributed by atoms with E-state index < -0.39 is 0 Å². The van der Waals surface area contributed by atoms with Crippen molar-refractivity contribution in [1.29, 1.82) is 0 Å². The van der Waals surface area contributed by atoms with Crippen molar-refractivity contribution in [1.82, 2.24) is 5.32 Å². The Hall–Kier alpha value is -1.95. The largest absolute Gasteiger partial charge is 0.496 e. The fraction of sp³-hybridized carbons (Fsp3) is 0.500. The van der Waals surface area contributed by atoms with Crippen LogP contribution in [0.4, 0.5) is 0 Å². The topological polar surface area (TPSA) is 59.9 Å². The first-order valence-electron chi connectivity index (χ1n) is 8.52. The number of hydrogen-bond acceptors (Lipinski definition) is 5. The quantitative estimate of drug-likeness (QED) is 0.627. The third-order valence-corrected chi connectivity index (χ3v) is 4.95. The highest BCUT2D eigenvalue weighted by molar-refractivity contribution is 8.18. The van der Waals surface area contributed by atoms with Gasteiger partial charge in [-0.3, -0.25) is 10.1 Å². The summed E-state index contributed by atoms with van der Waals surface area (Å²) in [4.78, 5) is 17.5. The molecule has 0 atom stereocenters. The van der Waals surface area contributed by atoms with E-state index >= 15 is 0 Å². The van der Waals surface area contributed by atoms with Gasteiger partial charge in [-0.15, -0.1) is 0 Å². The first-order chi connectivity index (χ1) is 12.0. The van der Waals surface area contributed by atoms with Gasteiger partial charge in [0, 0.05) is 11.1 Å². The molecule has 0 spiro atoms. The van der Waals surface area contributed by atoms with Gasteiger partial charge in [0.25, 0.3) is 5.91 Å². The average Bonchev–Trinajstić information content (AvgIpc) is 2.84. The van der Waals surface area contributed by atoms with Gasteiger partial charge in [-0.1, -0.05) is 46.7 Å². The summed E-state index contributed by atoms with van der Waals surface area (Å²) in [6, 6.07) is 4.20. The van der Waals surface area contributed by atoms with E-state index in [-0.39, 0.29) is 16.7 Å². The van der Waals surface area contributed by atoms with Crippen LogP contribution >= 0.6 is 11.8 Å². The van der Waals surface area contributed by atoms with Crippen LogP contribution in [-0.2, 0) is 20.5 Å². The van der Waals surface area contributed by atoms with Crippen LogP contribution < -0.4 is 10.1 Å². The predicted octanol–water partition coefficient (Wildman–Crippen LogP) is 4.41. The van der Waals surface area contributed by atoms with Crippen LogP contribution in [0.2, 0.25) is 0 Å². The monoisotopic (exact) mass is 376 g/mol. The number of methoxy groups -OCH3 is 1. The summed E-state index contributed by atoms with van der Waals surface area (Å²) in [5, 5.41) is 6.94. The second-order valence-electron chi connectivity index (χ2n) is 8.29. The summed E-state index contributed by atoms with van der Waals surface area (Å²) in [6.07, 6.45) is 1.89. The summed E-state index contributed by atoms with van der Waals surface area (Å²) in [6.45, 7) is 13.0. The summed E-state index contributed by atoms with van der Waals surface area (Å²) < 4.78 is 5.78. The summed E-state index contributed by atoms with van der Waals surface area (Å²) in [5.41, 5.74) is 3.03. The van der Waals surface area contributed by atoms with Crippen LogP contribution in [0, 0.1) is 0 Å². The molecule has 0 aromatic heterocycles. The Bertz CT molecular complexity index is 733. The number of carbonyl (C=O) groups is 1. The highest BCUT2D eigenvalue weighted by Gasteiger charge is 2.29. The number of rotatable bonds is 3. The second kappa shape index (κ2) is 7.35. The van der Waals surface area contributed by atoms with Crippen LogP contribution in [0.5, 0.6) is 5.75 Å². The van der Waals surface area contributed by atoms with Crippen LogP contribution in [0.1, 0.15) is 58.2 Å². The SMILES string of the molecule is CO/N=C1/NC(=O)/C(=C/c2cc(C(C)(C)C)c(OC)c(C(C)(C)C)c2)S1. The minimum atomic E-state index is -0.170. The van der Waals surface area contributed by atoms with Crippen molar-refractivity contribution in [2.45, 2.75) is 52.4 Å². The maximum atomic E-state index is 12.2. The molecule has 5 nitrogen and oxygen atoms in total. The average molecular weight is 377 g/mol. The van der Waals surface area contributed by atoms with E-state index in [1.165, 1.54) is 18.9 Å². The van der Waals surface area contributed by atoms with E-state index in [0.29, 0.717) is 10.1 Å². The third kappa shape index (κ3) is 4.41. The minimum Gasteiger partial charge on any atom is -0.496 e. The molecule has 1 heterocycles. The summed E-state index contributed by atoms with van der Waals surface area (Å²) in [5.74, 6) is 0.744. The Morgan fingerprint density at radius 1 is 1.04 bits per heavy atom. The van der Waals surface area contributed by atoms with Gasteiger partial charge < -0.3 is 9.57 Å². The second-order valence-corrected chi connectivity index (χ2v) is 9.32. The van der Waals surface area contributed by atoms with Gasteiger partial charge in [0.2, 0.25) is 5.17 Å². The first kappa shape index (κ1) is 20.4. The molecular weight excluding hydrogens is 348 g/mol. The van der Waals surface area contributed by atoms with Crippen molar-refractivity contribution in [3.8, 4) is 5.75 Å². The molecular formula is C20H28N2O3S. The molecule has 0 aliphatic carbocycles. The molecule has 1 aromatic carbocycles. The van der Waals surface area contributed by atoms with Crippen molar-refractivity contribution in [3.63, 3.8) is 0 Å². The van der Waals surface area contributed by atoms with Gasteiger partial charge >= 0.3 is 0 Å². The summed E-state index contributed by atoms with van der Waals surface area (Å²) >= 11 is 1.27. The number of oxime groups is 1. The Labute approximate surface area is 160 Å². The lowest BCUT2D eigenvalue weighted by atomic mass is 9.78. The summed E-state index contributed by atoms with van der Waals surface area (Å²) in [7, 11) is 3.17. The van der Waals surface area contributed by atoms with Gasteiger partial charge in [-0.2, -0.15) is 0 Å². The van der Waals surface area contributed by atoms with Crippen LogP contribution in [-0.4, -0.2) is 25.3 Å². The van der Waals surface area contributed by atoms with Crippen LogP contribution in [0.3, 0.4) is 0 Å². The molecule has 1 amide bonds. The van der Waals surface area contributed by atoms with E-state index in [9.17, 15) is 4.79 Å². The lowest BCUT2D eigenvalue weighted by Gasteiger charge is -2.29. The number of amidine groups is 1. The van der Waals surface area contributed by atoms with Crippen LogP contribution in [0.15, 0.2) is 22.2 Å². The lowest BCUT2D eigenvalue weighted by molar-refractivity contribution is -0.115. The van der Waals surface area contributed by atoms with E-state index in [1.54, 1.807) is 7.11 Å². The van der Waals surface area contributed by atoms with Crippen molar-refractivity contribution < 1.29 is 14.4 Å². The van der Waals surface area contributed by atoms with Gasteiger partial charge in [0.15, 0.2) is 0 Å². The molecule has 142 valence electrons. The fourth-order valence-corrected chi connectivity index (χ4v) is 3.58. The fourth-order valence-electron chi connectivity index (χ4n) is 2.77. The first-order valence-corrected chi connectivity index (χ1v) is 9.34. The molecule has 26 heavy (non-hydrogen) atoms. The number of ether oxygens (including phenoxy) is 1. The number of nitrogens with one attached hydrogen (secondary N) is 1. The third-order valence-electron chi connectivity index (χ3n) is 4.05. The standard InChI is InChI=1S/C20H28N2O3S/c1-19(2,3)13-9-12(10-14(16(13)24-7)20(4,5)6)11-15-17(23)21-18(26-15)22-25-8/h9-11H,1-8H3,(H,21,22,23)/b15-11-. The Morgan fingerprint density at radius 3 is 2.00 bits per heavy atom. The molecule has 1 N–H and O–H groups in total. The van der Waals surface area contributed by atoms with Crippen LogP contribution in [0.25, 0.3) is 6.08 Å². The Morgan fingerprint density at radius 2 is 1.58 bits per heavy atom.